The molecule has 14 heteroatoms. The number of hydrogen-bond acceptors (Lipinski definition) is 7. The van der Waals surface area contributed by atoms with E-state index in [1.165, 1.54) is 6.20 Å². The van der Waals surface area contributed by atoms with Crippen molar-refractivity contribution >= 4 is 34.8 Å². The van der Waals surface area contributed by atoms with Crippen molar-refractivity contribution in [3.8, 4) is 11.3 Å². The minimum atomic E-state index is -3.00. The van der Waals surface area contributed by atoms with E-state index >= 15 is 0 Å². The third kappa shape index (κ3) is 4.90. The lowest BCUT2D eigenvalue weighted by molar-refractivity contribution is -0.118. The van der Waals surface area contributed by atoms with E-state index in [9.17, 15) is 22.8 Å². The third-order valence-electron chi connectivity index (χ3n) is 7.30. The van der Waals surface area contributed by atoms with Crippen molar-refractivity contribution in [2.24, 2.45) is 11.8 Å². The summed E-state index contributed by atoms with van der Waals surface area (Å²) >= 11 is 5.80. The number of rotatable bonds is 7. The number of hydrogen-bond donors (Lipinski definition) is 1. The van der Waals surface area contributed by atoms with Crippen molar-refractivity contribution in [1.29, 1.82) is 0 Å². The molecule has 2 fully saturated rings. The molecule has 210 valence electrons. The fourth-order valence-corrected chi connectivity index (χ4v) is 5.13. The van der Waals surface area contributed by atoms with Crippen LogP contribution >= 0.6 is 11.6 Å². The van der Waals surface area contributed by atoms with Gasteiger partial charge in [0, 0.05) is 29.8 Å². The zero-order chi connectivity index (χ0) is 29.0. The van der Waals surface area contributed by atoms with Crippen molar-refractivity contribution in [2.75, 3.05) is 16.8 Å². The monoisotopic (exact) mass is 582 g/mol. The molecule has 41 heavy (non-hydrogen) atoms. The van der Waals surface area contributed by atoms with E-state index in [0.717, 1.165) is 30.9 Å². The van der Waals surface area contributed by atoms with E-state index in [-0.39, 0.29) is 28.2 Å². The van der Waals surface area contributed by atoms with Gasteiger partial charge in [0.25, 0.3) is 12.3 Å². The molecule has 1 aliphatic carbocycles. The number of nitrogens with zero attached hydrogens (tertiary/aromatic N) is 7. The van der Waals surface area contributed by atoms with Crippen molar-refractivity contribution in [3.63, 3.8) is 0 Å². The maximum atomic E-state index is 14.7. The highest BCUT2D eigenvalue weighted by Gasteiger charge is 2.52. The highest BCUT2D eigenvalue weighted by Crippen LogP contribution is 2.47. The first kappa shape index (κ1) is 26.8. The maximum absolute atomic E-state index is 14.7. The van der Waals surface area contributed by atoms with Gasteiger partial charge in [0.1, 0.15) is 11.7 Å². The molecule has 2 amide bonds. The molecule has 1 saturated heterocycles. The Balaban J connectivity index is 1.18. The largest absolute Gasteiger partial charge is 0.318 e. The van der Waals surface area contributed by atoms with Crippen LogP contribution < -0.4 is 10.2 Å². The van der Waals surface area contributed by atoms with Crippen molar-refractivity contribution in [1.82, 2.24) is 29.7 Å². The van der Waals surface area contributed by atoms with Gasteiger partial charge < -0.3 is 10.2 Å². The summed E-state index contributed by atoms with van der Waals surface area (Å²) in [6, 6.07) is 1.63. The van der Waals surface area contributed by atoms with Crippen LogP contribution in [0, 0.1) is 24.6 Å². The molecule has 4 heterocycles. The summed E-state index contributed by atoms with van der Waals surface area (Å²) in [7, 11) is 0. The van der Waals surface area contributed by atoms with Gasteiger partial charge in [-0.1, -0.05) is 17.7 Å². The van der Waals surface area contributed by atoms with E-state index in [0.29, 0.717) is 35.4 Å². The Kier molecular flexibility index (Phi) is 6.68. The molecular formula is C27H22ClF3N8O2. The van der Waals surface area contributed by atoms with Gasteiger partial charge in [-0.05, 0) is 32.3 Å². The lowest BCUT2D eigenvalue weighted by atomic mass is 10.0. The minimum absolute atomic E-state index is 0.123. The first-order chi connectivity index (χ1) is 19.6. The summed E-state index contributed by atoms with van der Waals surface area (Å²) in [4.78, 5) is 44.1. The number of carbonyl (C=O) groups is 2. The van der Waals surface area contributed by atoms with Crippen LogP contribution in [0.15, 0.2) is 43.1 Å². The Morgan fingerprint density at radius 2 is 1.98 bits per heavy atom. The quantitative estimate of drug-likeness (QED) is 0.325. The third-order valence-corrected chi connectivity index (χ3v) is 7.59. The molecule has 0 bridgehead atoms. The zero-order valence-corrected chi connectivity index (χ0v) is 22.5. The van der Waals surface area contributed by atoms with Crippen LogP contribution in [0.2, 0.25) is 5.02 Å². The SMILES string of the molecule is Cc1nc(C(C)n2cc(NC(=O)c3cncc(-c4c(C(F)F)ccc(Cl)c4F)n3)cn2)ncc1N1C[C@H]2C[C@H]2C1=O. The number of alkyl halides is 2. The van der Waals surface area contributed by atoms with E-state index in [4.69, 9.17) is 11.6 Å². The van der Waals surface area contributed by atoms with Gasteiger partial charge in [-0.3, -0.25) is 19.3 Å². The number of amides is 2. The maximum Gasteiger partial charge on any atom is 0.275 e. The van der Waals surface area contributed by atoms with Gasteiger partial charge in [0.05, 0.1) is 52.6 Å². The molecule has 10 nitrogen and oxygen atoms in total. The van der Waals surface area contributed by atoms with Crippen LogP contribution in [-0.4, -0.2) is 48.1 Å². The molecule has 1 N–H and O–H groups in total. The highest BCUT2D eigenvalue weighted by atomic mass is 35.5. The Hall–Kier alpha value is -4.39. The average Bonchev–Trinajstić information content (AvgIpc) is 3.45. The van der Waals surface area contributed by atoms with Crippen molar-refractivity contribution < 1.29 is 22.8 Å². The van der Waals surface area contributed by atoms with Gasteiger partial charge in [-0.25, -0.2) is 28.1 Å². The zero-order valence-electron chi connectivity index (χ0n) is 21.7. The molecule has 3 aromatic heterocycles. The fourth-order valence-electron chi connectivity index (χ4n) is 4.97. The second-order valence-corrected chi connectivity index (χ2v) is 10.4. The van der Waals surface area contributed by atoms with E-state index in [2.05, 4.69) is 30.4 Å². The van der Waals surface area contributed by atoms with Crippen LogP contribution in [0.3, 0.4) is 0 Å². The van der Waals surface area contributed by atoms with E-state index < -0.39 is 35.3 Å². The summed E-state index contributed by atoms with van der Waals surface area (Å²) in [6.45, 7) is 4.35. The summed E-state index contributed by atoms with van der Waals surface area (Å²) < 4.78 is 43.3. The molecule has 1 aromatic carbocycles. The minimum Gasteiger partial charge on any atom is -0.318 e. The Labute approximate surface area is 236 Å². The summed E-state index contributed by atoms with van der Waals surface area (Å²) in [5.41, 5.74) is 0.0561. The number of aromatic nitrogens is 6. The molecule has 0 spiro atoms. The molecule has 1 saturated carbocycles. The summed E-state index contributed by atoms with van der Waals surface area (Å²) in [5.74, 6) is -0.636. The lowest BCUT2D eigenvalue weighted by Gasteiger charge is -2.20. The predicted molar refractivity (Wildman–Crippen MR) is 142 cm³/mol. The second kappa shape index (κ2) is 10.2. The number of carbonyl (C=O) groups excluding carboxylic acids is 2. The van der Waals surface area contributed by atoms with Gasteiger partial charge in [-0.2, -0.15) is 5.10 Å². The number of benzene rings is 1. The van der Waals surface area contributed by atoms with Crippen LogP contribution in [0.5, 0.6) is 0 Å². The number of anilines is 2. The molecule has 4 aromatic rings. The number of nitrogens with one attached hydrogen (secondary N) is 1. The molecular weight excluding hydrogens is 561 g/mol. The second-order valence-electron chi connectivity index (χ2n) is 10.0. The van der Waals surface area contributed by atoms with Crippen LogP contribution in [0.1, 0.15) is 53.4 Å². The van der Waals surface area contributed by atoms with Crippen LogP contribution in [0.25, 0.3) is 11.3 Å². The van der Waals surface area contributed by atoms with E-state index in [1.54, 1.807) is 22.0 Å². The summed E-state index contributed by atoms with van der Waals surface area (Å²) in [6.07, 6.45) is 4.79. The normalized spacial score (nSPS) is 18.5. The van der Waals surface area contributed by atoms with Crippen molar-refractivity contribution in [2.45, 2.75) is 32.7 Å². The molecule has 6 rings (SSSR count). The standard InChI is InChI=1S/C27H22ClF3N8O2/c1-12-21(38-10-14-5-17(14)27(38)41)9-33-25(35-12)13(2)39-11-15(6-34-39)36-26(40)20-8-32-7-19(37-20)22-16(24(30)31)3-4-18(28)23(22)29/h3-4,6-9,11,13-14,17,24H,5,10H2,1-2H3,(H,36,40)/t13?,14-,17-/m1/s1. The topological polar surface area (TPSA) is 119 Å². The lowest BCUT2D eigenvalue weighted by Crippen LogP contribution is -2.29. The van der Waals surface area contributed by atoms with Gasteiger partial charge in [0.15, 0.2) is 11.6 Å². The Morgan fingerprint density at radius 3 is 2.68 bits per heavy atom. The number of halogens is 4. The van der Waals surface area contributed by atoms with Crippen LogP contribution in [-0.2, 0) is 4.79 Å². The average molecular weight is 583 g/mol. The van der Waals surface area contributed by atoms with Crippen LogP contribution in [0.4, 0.5) is 24.5 Å². The molecule has 0 radical (unpaired) electrons. The summed E-state index contributed by atoms with van der Waals surface area (Å²) in [5, 5.41) is 6.54. The van der Waals surface area contributed by atoms with Gasteiger partial charge in [0.2, 0.25) is 5.91 Å². The Morgan fingerprint density at radius 1 is 1.17 bits per heavy atom. The highest BCUT2D eigenvalue weighted by molar-refractivity contribution is 6.31. The molecule has 3 atom stereocenters. The molecule has 1 aliphatic heterocycles. The van der Waals surface area contributed by atoms with Gasteiger partial charge in [-0.15, -0.1) is 0 Å². The van der Waals surface area contributed by atoms with E-state index in [1.807, 2.05) is 13.8 Å². The smallest absolute Gasteiger partial charge is 0.275 e. The molecule has 2 aliphatic rings. The number of fused-ring (bicyclic) bond motifs is 1. The van der Waals surface area contributed by atoms with Crippen molar-refractivity contribution in [3.05, 3.63) is 76.7 Å². The Bertz CT molecular complexity index is 1700. The van der Waals surface area contributed by atoms with Gasteiger partial charge >= 0.3 is 0 Å². The first-order valence-corrected chi connectivity index (χ1v) is 13.1. The predicted octanol–water partition coefficient (Wildman–Crippen LogP) is 5.01. The number of piperidine rings is 1. The number of aryl methyl sites for hydroxylation is 1. The fraction of sp³-hybridized carbons (Fsp3) is 0.296. The first-order valence-electron chi connectivity index (χ1n) is 12.7. The molecule has 1 unspecified atom stereocenters.